The lowest BCUT2D eigenvalue weighted by atomic mass is 9.79. The fraction of sp³-hybridized carbons (Fsp3) is 0.657. The number of hydrogen-bond acceptors (Lipinski definition) is 8. The Morgan fingerprint density at radius 2 is 1.67 bits per heavy atom. The number of piperazine rings is 1. The van der Waals surface area contributed by atoms with Crippen molar-refractivity contribution in [2.24, 2.45) is 17.8 Å². The first-order valence-electron chi connectivity index (χ1n) is 17.5. The Labute approximate surface area is 286 Å². The molecule has 5 rings (SSSR count). The molecule has 0 spiro atoms. The van der Waals surface area contributed by atoms with Crippen LogP contribution in [0.3, 0.4) is 0 Å². The number of carbonyl (C=O) groups excluding carboxylic acids is 4. The smallest absolute Gasteiger partial charge is 0.276 e. The highest BCUT2D eigenvalue weighted by atomic mass is 19.1. The highest BCUT2D eigenvalue weighted by Crippen LogP contribution is 2.35. The van der Waals surface area contributed by atoms with Crippen molar-refractivity contribution in [1.29, 1.82) is 0 Å². The number of likely N-dealkylation sites (N-methyl/N-ethyl adjacent to an activating group) is 1. The van der Waals surface area contributed by atoms with Crippen molar-refractivity contribution >= 4 is 29.3 Å². The van der Waals surface area contributed by atoms with Crippen molar-refractivity contribution in [2.45, 2.75) is 103 Å². The summed E-state index contributed by atoms with van der Waals surface area (Å²) in [7, 11) is 1.98. The van der Waals surface area contributed by atoms with E-state index < -0.39 is 47.7 Å². The second-order valence-corrected chi connectivity index (χ2v) is 14.2. The highest BCUT2D eigenvalue weighted by Gasteiger charge is 2.41. The topological polar surface area (TPSA) is 150 Å². The van der Waals surface area contributed by atoms with Gasteiger partial charge in [0.2, 0.25) is 11.8 Å². The largest absolute Gasteiger partial charge is 0.341 e. The molecule has 2 aliphatic carbocycles. The summed E-state index contributed by atoms with van der Waals surface area (Å²) >= 11 is 0. The zero-order chi connectivity index (χ0) is 35.4. The molecule has 3 N–H and O–H groups in total. The number of amides is 4. The summed E-state index contributed by atoms with van der Waals surface area (Å²) in [5.74, 6) is -3.83. The maximum Gasteiger partial charge on any atom is 0.276 e. The van der Waals surface area contributed by atoms with Crippen molar-refractivity contribution in [1.82, 2.24) is 30.7 Å². The van der Waals surface area contributed by atoms with E-state index in [9.17, 15) is 23.6 Å². The van der Waals surface area contributed by atoms with Gasteiger partial charge in [0, 0.05) is 31.6 Å². The van der Waals surface area contributed by atoms with Crippen LogP contribution >= 0.6 is 0 Å². The van der Waals surface area contributed by atoms with E-state index in [1.807, 2.05) is 14.0 Å². The average molecular weight is 686 g/mol. The first kappa shape index (κ1) is 36.3. The summed E-state index contributed by atoms with van der Waals surface area (Å²) < 4.78 is 35.3. The van der Waals surface area contributed by atoms with E-state index in [2.05, 4.69) is 38.1 Å². The number of rotatable bonds is 12. The molecule has 5 atom stereocenters. The fourth-order valence-corrected chi connectivity index (χ4v) is 6.84. The zero-order valence-corrected chi connectivity index (χ0v) is 29.0. The molecule has 1 aromatic heterocycles. The molecule has 1 saturated heterocycles. The lowest BCUT2D eigenvalue weighted by Crippen LogP contribution is -2.58. The molecule has 2 unspecified atom stereocenters. The molecule has 4 amide bonds. The maximum absolute atomic E-state index is 15.7. The van der Waals surface area contributed by atoms with Crippen molar-refractivity contribution in [3.63, 3.8) is 0 Å². The molecule has 12 nitrogen and oxygen atoms in total. The number of anilines is 1. The predicted octanol–water partition coefficient (Wildman–Crippen LogP) is 3.83. The highest BCUT2D eigenvalue weighted by molar-refractivity contribution is 6.01. The summed E-state index contributed by atoms with van der Waals surface area (Å²) in [6.07, 6.45) is 3.16. The number of alkyl halides is 1. The summed E-state index contributed by atoms with van der Waals surface area (Å²) in [6, 6.07) is 2.23. The van der Waals surface area contributed by atoms with Gasteiger partial charge in [-0.25, -0.2) is 13.4 Å². The third kappa shape index (κ3) is 8.63. The first-order chi connectivity index (χ1) is 23.4. The van der Waals surface area contributed by atoms with Crippen LogP contribution in [-0.4, -0.2) is 94.7 Å². The third-order valence-electron chi connectivity index (χ3n) is 10.6. The quantitative estimate of drug-likeness (QED) is 0.305. The van der Waals surface area contributed by atoms with Gasteiger partial charge < -0.3 is 25.8 Å². The van der Waals surface area contributed by atoms with E-state index in [-0.39, 0.29) is 35.2 Å². The van der Waals surface area contributed by atoms with Gasteiger partial charge in [0.1, 0.15) is 23.6 Å². The normalized spacial score (nSPS) is 24.0. The minimum absolute atomic E-state index is 0.00688. The van der Waals surface area contributed by atoms with Crippen LogP contribution in [0.2, 0.25) is 0 Å². The van der Waals surface area contributed by atoms with Crippen LogP contribution in [0, 0.1) is 23.6 Å². The van der Waals surface area contributed by atoms with Crippen LogP contribution in [0.15, 0.2) is 22.8 Å². The number of aromatic nitrogens is 2. The fourth-order valence-electron chi connectivity index (χ4n) is 6.84. The molecular formula is C35H49F2N7O5. The SMILES string of the molecule is CCc1nonc1C(=O)N[C@H](C(=O)Nc1ccc([C@H](C)C(NC(=O)C(F)C2CC2)C(=O)N2CCN(C)[C@H](C)C2)cc1F)C1CCC(C)CC1. The molecule has 1 aliphatic heterocycles. The molecule has 2 heterocycles. The first-order valence-corrected chi connectivity index (χ1v) is 17.5. The van der Waals surface area contributed by atoms with Crippen molar-refractivity contribution in [3.8, 4) is 0 Å². The average Bonchev–Trinajstić information content (AvgIpc) is 3.83. The third-order valence-corrected chi connectivity index (χ3v) is 10.6. The predicted molar refractivity (Wildman–Crippen MR) is 178 cm³/mol. The number of nitrogens with one attached hydrogen (secondary N) is 3. The Balaban J connectivity index is 1.33. The van der Waals surface area contributed by atoms with E-state index >= 15 is 4.39 Å². The Morgan fingerprint density at radius 1 is 0.980 bits per heavy atom. The van der Waals surface area contributed by atoms with Crippen LogP contribution in [0.1, 0.15) is 93.9 Å². The maximum atomic E-state index is 15.7. The minimum Gasteiger partial charge on any atom is -0.341 e. The molecule has 49 heavy (non-hydrogen) atoms. The van der Waals surface area contributed by atoms with Gasteiger partial charge in [-0.05, 0) is 86.7 Å². The standard InChI is InChI=1S/C35H49F2N7O5/c1-6-26-31(42-49-41-26)34(47)40-30(23-9-7-19(2)8-10-23)33(46)38-27-14-13-24(17-25(27)36)21(4)29(39-32(45)28(37)22-11-12-22)35(48)44-16-15-43(5)20(3)18-44/h13-14,17,19-23,28-30H,6-12,15-16,18H2,1-5H3,(H,38,46)(H,39,45)(H,40,47)/t19?,20-,21+,23?,28?,29?,30+/m1/s1. The van der Waals surface area contributed by atoms with E-state index in [0.717, 1.165) is 12.8 Å². The van der Waals surface area contributed by atoms with Gasteiger partial charge in [0.05, 0.1) is 5.69 Å². The molecule has 3 aliphatic rings. The Kier molecular flexibility index (Phi) is 11.7. The Morgan fingerprint density at radius 3 is 2.31 bits per heavy atom. The molecule has 0 radical (unpaired) electrons. The van der Waals surface area contributed by atoms with Crippen LogP contribution in [-0.2, 0) is 20.8 Å². The second kappa shape index (κ2) is 15.7. The van der Waals surface area contributed by atoms with Crippen molar-refractivity contribution in [3.05, 3.63) is 41.0 Å². The van der Waals surface area contributed by atoms with Gasteiger partial charge in [-0.2, -0.15) is 0 Å². The van der Waals surface area contributed by atoms with E-state index in [0.29, 0.717) is 68.9 Å². The van der Waals surface area contributed by atoms with Gasteiger partial charge in [0.25, 0.3) is 11.8 Å². The van der Waals surface area contributed by atoms with Crippen LogP contribution < -0.4 is 16.0 Å². The van der Waals surface area contributed by atoms with Crippen molar-refractivity contribution in [2.75, 3.05) is 32.0 Å². The molecular weight excluding hydrogens is 636 g/mol. The van der Waals surface area contributed by atoms with Crippen molar-refractivity contribution < 1.29 is 32.6 Å². The molecule has 14 heteroatoms. The number of aryl methyl sites for hydroxylation is 1. The molecule has 1 aromatic carbocycles. The van der Waals surface area contributed by atoms with Gasteiger partial charge >= 0.3 is 0 Å². The molecule has 268 valence electrons. The monoisotopic (exact) mass is 685 g/mol. The second-order valence-electron chi connectivity index (χ2n) is 14.2. The lowest BCUT2D eigenvalue weighted by Gasteiger charge is -2.40. The summed E-state index contributed by atoms with van der Waals surface area (Å²) in [5, 5.41) is 15.6. The van der Waals surface area contributed by atoms with E-state index in [1.165, 1.54) is 12.1 Å². The number of hydrogen-bond donors (Lipinski definition) is 3. The van der Waals surface area contributed by atoms with Crippen LogP contribution in [0.25, 0.3) is 0 Å². The van der Waals surface area contributed by atoms with Gasteiger partial charge in [-0.15, -0.1) is 0 Å². The summed E-state index contributed by atoms with van der Waals surface area (Å²) in [4.78, 5) is 57.4. The number of carbonyl (C=O) groups is 4. The number of benzene rings is 1. The molecule has 2 aromatic rings. The van der Waals surface area contributed by atoms with E-state index in [4.69, 9.17) is 4.63 Å². The van der Waals surface area contributed by atoms with Gasteiger partial charge in [-0.3, -0.25) is 19.2 Å². The molecule has 3 fully saturated rings. The molecule has 2 saturated carbocycles. The Hall–Kier alpha value is -3.94. The lowest BCUT2D eigenvalue weighted by molar-refractivity contribution is -0.140. The Bertz CT molecular complexity index is 1510. The van der Waals surface area contributed by atoms with Gasteiger partial charge in [-0.1, -0.05) is 44.8 Å². The summed E-state index contributed by atoms with van der Waals surface area (Å²) in [6.45, 7) is 9.19. The minimum atomic E-state index is -1.71. The van der Waals surface area contributed by atoms with Gasteiger partial charge in [0.15, 0.2) is 11.9 Å². The van der Waals surface area contributed by atoms with Crippen LogP contribution in [0.4, 0.5) is 14.5 Å². The number of halogens is 2. The summed E-state index contributed by atoms with van der Waals surface area (Å²) in [5.41, 5.74) is 0.677. The van der Waals surface area contributed by atoms with Crippen LogP contribution in [0.5, 0.6) is 0 Å². The zero-order valence-electron chi connectivity index (χ0n) is 29.0. The van der Waals surface area contributed by atoms with E-state index in [1.54, 1.807) is 24.8 Å². The number of nitrogens with zero attached hydrogens (tertiary/aromatic N) is 4. The molecule has 0 bridgehead atoms.